The van der Waals surface area contributed by atoms with Crippen LogP contribution >= 0.6 is 0 Å². The number of nitrogens with two attached hydrogens (primary N) is 1. The highest BCUT2D eigenvalue weighted by molar-refractivity contribution is 5.05. The fourth-order valence-electron chi connectivity index (χ4n) is 2.24. The Labute approximate surface area is 91.3 Å². The van der Waals surface area contributed by atoms with E-state index in [0.717, 1.165) is 31.6 Å². The van der Waals surface area contributed by atoms with Gasteiger partial charge in [0.05, 0.1) is 0 Å². The molecule has 2 N–H and O–H groups in total. The fourth-order valence-corrected chi connectivity index (χ4v) is 2.24. The number of likely N-dealkylation sites (tertiary alicyclic amines) is 1. The number of nitrogens with zero attached hydrogens (tertiary/aromatic N) is 2. The minimum absolute atomic E-state index is 0.336. The van der Waals surface area contributed by atoms with Crippen molar-refractivity contribution in [3.63, 3.8) is 0 Å². The molecule has 3 heteroatoms. The van der Waals surface area contributed by atoms with Crippen LogP contribution in [-0.4, -0.2) is 36.1 Å². The van der Waals surface area contributed by atoms with Crippen LogP contribution in [0.25, 0.3) is 0 Å². The Morgan fingerprint density at radius 3 is 3.13 bits per heavy atom. The smallest absolute Gasteiger partial charge is 0.0407 e. The van der Waals surface area contributed by atoms with Gasteiger partial charge in [-0.15, -0.1) is 0 Å². The molecule has 2 unspecified atom stereocenters. The van der Waals surface area contributed by atoms with Crippen molar-refractivity contribution in [3.8, 4) is 0 Å². The number of piperidine rings is 1. The van der Waals surface area contributed by atoms with Crippen molar-refractivity contribution < 1.29 is 0 Å². The largest absolute Gasteiger partial charge is 0.327 e. The highest BCUT2D eigenvalue weighted by Crippen LogP contribution is 2.18. The first kappa shape index (κ1) is 10.6. The molecule has 0 aliphatic carbocycles. The SMILES string of the molecule is CN1CCC(N)C(Cc2ccccn2)C1. The van der Waals surface area contributed by atoms with Crippen molar-refractivity contribution >= 4 is 0 Å². The van der Waals surface area contributed by atoms with Gasteiger partial charge in [0.1, 0.15) is 0 Å². The zero-order valence-corrected chi connectivity index (χ0v) is 9.26. The third-order valence-electron chi connectivity index (χ3n) is 3.19. The van der Waals surface area contributed by atoms with Gasteiger partial charge in [0.2, 0.25) is 0 Å². The first-order valence-corrected chi connectivity index (χ1v) is 5.60. The highest BCUT2D eigenvalue weighted by Gasteiger charge is 2.24. The summed E-state index contributed by atoms with van der Waals surface area (Å²) in [4.78, 5) is 6.72. The molecule has 1 fully saturated rings. The molecule has 1 aliphatic rings. The van der Waals surface area contributed by atoms with E-state index in [1.165, 1.54) is 0 Å². The third-order valence-corrected chi connectivity index (χ3v) is 3.19. The number of hydrogen-bond donors (Lipinski definition) is 1. The number of rotatable bonds is 2. The molecule has 0 aromatic carbocycles. The van der Waals surface area contributed by atoms with Crippen molar-refractivity contribution in [2.75, 3.05) is 20.1 Å². The molecule has 1 saturated heterocycles. The van der Waals surface area contributed by atoms with E-state index in [1.807, 2.05) is 18.3 Å². The van der Waals surface area contributed by atoms with Gasteiger partial charge in [-0.2, -0.15) is 0 Å². The van der Waals surface area contributed by atoms with Gasteiger partial charge >= 0.3 is 0 Å². The molecule has 2 atom stereocenters. The maximum absolute atomic E-state index is 6.13. The summed E-state index contributed by atoms with van der Waals surface area (Å²) in [5, 5.41) is 0. The van der Waals surface area contributed by atoms with Crippen molar-refractivity contribution in [2.45, 2.75) is 18.9 Å². The standard InChI is InChI=1S/C12H19N3/c1-15-7-5-12(13)10(9-15)8-11-4-2-3-6-14-11/h2-4,6,10,12H,5,7-9,13H2,1H3. The molecule has 3 nitrogen and oxygen atoms in total. The lowest BCUT2D eigenvalue weighted by Gasteiger charge is -2.34. The van der Waals surface area contributed by atoms with Crippen LogP contribution in [0.2, 0.25) is 0 Å². The summed E-state index contributed by atoms with van der Waals surface area (Å²) >= 11 is 0. The topological polar surface area (TPSA) is 42.1 Å². The molecule has 1 aliphatic heterocycles. The van der Waals surface area contributed by atoms with Crippen molar-refractivity contribution in [1.82, 2.24) is 9.88 Å². The second kappa shape index (κ2) is 4.73. The number of hydrogen-bond acceptors (Lipinski definition) is 3. The quantitative estimate of drug-likeness (QED) is 0.780. The summed E-state index contributed by atoms with van der Waals surface area (Å²) < 4.78 is 0. The molecule has 82 valence electrons. The number of pyridine rings is 1. The van der Waals surface area contributed by atoms with Crippen LogP contribution < -0.4 is 5.73 Å². The van der Waals surface area contributed by atoms with Crippen LogP contribution in [0, 0.1) is 5.92 Å². The molecule has 1 aromatic heterocycles. The number of aromatic nitrogens is 1. The molecule has 0 amide bonds. The first-order chi connectivity index (χ1) is 7.25. The van der Waals surface area contributed by atoms with E-state index in [0.29, 0.717) is 12.0 Å². The van der Waals surface area contributed by atoms with E-state index in [9.17, 15) is 0 Å². The highest BCUT2D eigenvalue weighted by atomic mass is 15.1. The predicted molar refractivity (Wildman–Crippen MR) is 61.5 cm³/mol. The van der Waals surface area contributed by atoms with Crippen LogP contribution in [0.4, 0.5) is 0 Å². The molecule has 0 bridgehead atoms. The fraction of sp³-hybridized carbons (Fsp3) is 0.583. The summed E-state index contributed by atoms with van der Waals surface area (Å²) in [6.45, 7) is 2.22. The third kappa shape index (κ3) is 2.76. The second-order valence-electron chi connectivity index (χ2n) is 4.50. The maximum Gasteiger partial charge on any atom is 0.0407 e. The van der Waals surface area contributed by atoms with Crippen LogP contribution in [0.3, 0.4) is 0 Å². The molecular weight excluding hydrogens is 186 g/mol. The molecule has 0 spiro atoms. The average Bonchev–Trinajstić information content (AvgIpc) is 2.25. The van der Waals surface area contributed by atoms with E-state index >= 15 is 0 Å². The van der Waals surface area contributed by atoms with Gasteiger partial charge in [0.25, 0.3) is 0 Å². The van der Waals surface area contributed by atoms with Gasteiger partial charge in [-0.3, -0.25) is 4.98 Å². The Morgan fingerprint density at radius 1 is 1.53 bits per heavy atom. The summed E-state index contributed by atoms with van der Waals surface area (Å²) in [5.41, 5.74) is 7.30. The lowest BCUT2D eigenvalue weighted by atomic mass is 9.89. The molecule has 2 rings (SSSR count). The lowest BCUT2D eigenvalue weighted by molar-refractivity contribution is 0.184. The Bertz CT molecular complexity index is 299. The van der Waals surface area contributed by atoms with Gasteiger partial charge in [0.15, 0.2) is 0 Å². The Hall–Kier alpha value is -0.930. The van der Waals surface area contributed by atoms with Crippen LogP contribution in [-0.2, 0) is 6.42 Å². The second-order valence-corrected chi connectivity index (χ2v) is 4.50. The normalized spacial score (nSPS) is 27.9. The Balaban J connectivity index is 1.98. The maximum atomic E-state index is 6.13. The average molecular weight is 205 g/mol. The predicted octanol–water partition coefficient (Wildman–Crippen LogP) is 0.903. The van der Waals surface area contributed by atoms with Crippen LogP contribution in [0.5, 0.6) is 0 Å². The van der Waals surface area contributed by atoms with Crippen LogP contribution in [0.1, 0.15) is 12.1 Å². The minimum atomic E-state index is 0.336. The summed E-state index contributed by atoms with van der Waals surface area (Å²) in [5.74, 6) is 0.554. The Kier molecular flexibility index (Phi) is 3.34. The van der Waals surface area contributed by atoms with Gasteiger partial charge in [-0.25, -0.2) is 0 Å². The molecular formula is C12H19N3. The van der Waals surface area contributed by atoms with Gasteiger partial charge < -0.3 is 10.6 Å². The molecule has 0 radical (unpaired) electrons. The summed E-state index contributed by atoms with van der Waals surface area (Å²) in [7, 11) is 2.16. The lowest BCUT2D eigenvalue weighted by Crippen LogP contribution is -2.46. The summed E-state index contributed by atoms with van der Waals surface area (Å²) in [6.07, 6.45) is 3.97. The molecule has 0 saturated carbocycles. The molecule has 2 heterocycles. The Morgan fingerprint density at radius 2 is 2.40 bits per heavy atom. The van der Waals surface area contributed by atoms with Crippen molar-refractivity contribution in [1.29, 1.82) is 0 Å². The van der Waals surface area contributed by atoms with E-state index < -0.39 is 0 Å². The monoisotopic (exact) mass is 205 g/mol. The first-order valence-electron chi connectivity index (χ1n) is 5.60. The summed E-state index contributed by atoms with van der Waals surface area (Å²) in [6, 6.07) is 6.42. The van der Waals surface area contributed by atoms with E-state index in [2.05, 4.69) is 23.0 Å². The zero-order chi connectivity index (χ0) is 10.7. The van der Waals surface area contributed by atoms with Crippen LogP contribution in [0.15, 0.2) is 24.4 Å². The van der Waals surface area contributed by atoms with Gasteiger partial charge in [-0.1, -0.05) is 6.07 Å². The van der Waals surface area contributed by atoms with E-state index in [1.54, 1.807) is 0 Å². The molecule has 1 aromatic rings. The van der Waals surface area contributed by atoms with E-state index in [4.69, 9.17) is 5.73 Å². The van der Waals surface area contributed by atoms with Crippen molar-refractivity contribution in [3.05, 3.63) is 30.1 Å². The minimum Gasteiger partial charge on any atom is -0.327 e. The van der Waals surface area contributed by atoms with Crippen molar-refractivity contribution in [2.24, 2.45) is 11.7 Å². The zero-order valence-electron chi connectivity index (χ0n) is 9.26. The van der Waals surface area contributed by atoms with Gasteiger partial charge in [-0.05, 0) is 44.5 Å². The van der Waals surface area contributed by atoms with Gasteiger partial charge in [0, 0.05) is 24.5 Å². The molecule has 15 heavy (non-hydrogen) atoms. The van der Waals surface area contributed by atoms with E-state index in [-0.39, 0.29) is 0 Å².